The molecule has 2 nitrogen and oxygen atoms in total. The second-order valence-corrected chi connectivity index (χ2v) is 7.64. The fraction of sp³-hybridized carbons (Fsp3) is 0.0769. The number of hydrogen-bond acceptors (Lipinski definition) is 2. The van der Waals surface area contributed by atoms with Gasteiger partial charge in [0, 0.05) is 24.0 Å². The molecule has 0 unspecified atom stereocenters. The van der Waals surface area contributed by atoms with Crippen molar-refractivity contribution < 1.29 is 9.31 Å². The Hall–Kier alpha value is -3.46. The van der Waals surface area contributed by atoms with Crippen LogP contribution in [0.25, 0.3) is 22.3 Å². The molecule has 0 radical (unpaired) electrons. The molecule has 29 heavy (non-hydrogen) atoms. The second-order valence-electron chi connectivity index (χ2n) is 7.64. The van der Waals surface area contributed by atoms with Crippen LogP contribution in [0.3, 0.4) is 0 Å². The molecule has 0 saturated heterocycles. The maximum atomic E-state index is 6.10. The zero-order chi connectivity index (χ0) is 19.2. The molecular formula is C26H19BO2. The van der Waals surface area contributed by atoms with Crippen LogP contribution >= 0.6 is 0 Å². The summed E-state index contributed by atoms with van der Waals surface area (Å²) in [6.45, 7) is 0. The number of rotatable bonds is 4. The van der Waals surface area contributed by atoms with E-state index >= 15 is 0 Å². The van der Waals surface area contributed by atoms with Crippen LogP contribution in [0.5, 0.6) is 11.5 Å². The molecular weight excluding hydrogens is 355 g/mol. The van der Waals surface area contributed by atoms with Crippen LogP contribution in [0, 0.1) is 0 Å². The Morgan fingerprint density at radius 3 is 1.45 bits per heavy atom. The van der Waals surface area contributed by atoms with Crippen LogP contribution in [-0.2, 0) is 12.8 Å². The van der Waals surface area contributed by atoms with Gasteiger partial charge in [-0.05, 0) is 45.5 Å². The highest BCUT2D eigenvalue weighted by molar-refractivity contribution is 6.21. The Kier molecular flexibility index (Phi) is 3.73. The van der Waals surface area contributed by atoms with E-state index in [1.54, 1.807) is 0 Å². The maximum absolute atomic E-state index is 6.10. The number of hydrogen-bond donors (Lipinski definition) is 0. The summed E-state index contributed by atoms with van der Waals surface area (Å²) in [5.41, 5.74) is 10.4. The van der Waals surface area contributed by atoms with Crippen molar-refractivity contribution in [3.8, 4) is 33.8 Å². The molecule has 4 aromatic carbocycles. The molecule has 138 valence electrons. The maximum Gasteiger partial charge on any atom is 0.576 e. The lowest BCUT2D eigenvalue weighted by molar-refractivity contribution is 0.454. The van der Waals surface area contributed by atoms with E-state index in [1.165, 1.54) is 44.5 Å². The lowest BCUT2D eigenvalue weighted by Gasteiger charge is -2.13. The molecule has 0 spiro atoms. The average molecular weight is 374 g/mol. The molecule has 2 aliphatic rings. The number of benzene rings is 4. The molecule has 0 N–H and O–H groups in total. The Bertz CT molecular complexity index is 1150. The summed E-state index contributed by atoms with van der Waals surface area (Å²) in [5.74, 6) is 1.82. The molecule has 0 bridgehead atoms. The first-order chi connectivity index (χ1) is 14.4. The minimum atomic E-state index is 0.208. The summed E-state index contributed by atoms with van der Waals surface area (Å²) in [6, 6.07) is 29.7. The van der Waals surface area contributed by atoms with Gasteiger partial charge >= 0.3 is 7.69 Å². The molecule has 0 fully saturated rings. The highest BCUT2D eigenvalue weighted by atomic mass is 16.6. The summed E-state index contributed by atoms with van der Waals surface area (Å²) >= 11 is 0. The third-order valence-corrected chi connectivity index (χ3v) is 6.04. The van der Waals surface area contributed by atoms with Gasteiger partial charge in [-0.15, -0.1) is 0 Å². The van der Waals surface area contributed by atoms with E-state index in [1.807, 2.05) is 12.1 Å². The molecule has 0 amide bonds. The monoisotopic (exact) mass is 374 g/mol. The minimum Gasteiger partial charge on any atom is -0.528 e. The van der Waals surface area contributed by atoms with Crippen molar-refractivity contribution in [3.63, 3.8) is 0 Å². The van der Waals surface area contributed by atoms with Gasteiger partial charge in [0.2, 0.25) is 0 Å². The summed E-state index contributed by atoms with van der Waals surface area (Å²) in [7, 11) is 0.208. The molecule has 3 heteroatoms. The van der Waals surface area contributed by atoms with Crippen LogP contribution in [-0.4, -0.2) is 7.69 Å². The van der Waals surface area contributed by atoms with Gasteiger partial charge in [0.05, 0.1) is 0 Å². The van der Waals surface area contributed by atoms with E-state index in [4.69, 9.17) is 9.31 Å². The molecule has 0 saturated carbocycles. The molecule has 2 aliphatic carbocycles. The van der Waals surface area contributed by atoms with Crippen molar-refractivity contribution in [2.45, 2.75) is 12.8 Å². The molecule has 0 aliphatic heterocycles. The SMILES string of the molecule is B(Oc1cccc2c1Cc1ccccc1-2)Oc1cccc2c1Cc1ccccc1-2. The van der Waals surface area contributed by atoms with Crippen molar-refractivity contribution in [1.29, 1.82) is 0 Å². The highest BCUT2D eigenvalue weighted by Gasteiger charge is 2.23. The third kappa shape index (κ3) is 2.66. The summed E-state index contributed by atoms with van der Waals surface area (Å²) < 4.78 is 12.2. The van der Waals surface area contributed by atoms with Crippen LogP contribution in [0.2, 0.25) is 0 Å². The Labute approximate surface area is 171 Å². The third-order valence-electron chi connectivity index (χ3n) is 6.04. The fourth-order valence-corrected chi connectivity index (χ4v) is 4.68. The van der Waals surface area contributed by atoms with E-state index in [0.717, 1.165) is 24.3 Å². The van der Waals surface area contributed by atoms with Gasteiger partial charge < -0.3 is 9.31 Å². The normalized spacial score (nSPS) is 12.6. The molecule has 6 rings (SSSR count). The first-order valence-electron chi connectivity index (χ1n) is 10.0. The molecule has 4 aromatic rings. The van der Waals surface area contributed by atoms with E-state index in [-0.39, 0.29) is 7.69 Å². The largest absolute Gasteiger partial charge is 0.576 e. The topological polar surface area (TPSA) is 18.5 Å². The van der Waals surface area contributed by atoms with Crippen molar-refractivity contribution in [2.75, 3.05) is 0 Å². The molecule has 0 aromatic heterocycles. The summed E-state index contributed by atoms with van der Waals surface area (Å²) in [6.07, 6.45) is 1.83. The van der Waals surface area contributed by atoms with Crippen molar-refractivity contribution in [1.82, 2.24) is 0 Å². The van der Waals surface area contributed by atoms with E-state index < -0.39 is 0 Å². The van der Waals surface area contributed by atoms with Gasteiger partial charge in [0.1, 0.15) is 11.5 Å². The van der Waals surface area contributed by atoms with Crippen LogP contribution in [0.4, 0.5) is 0 Å². The predicted octanol–water partition coefficient (Wildman–Crippen LogP) is 5.55. The summed E-state index contributed by atoms with van der Waals surface area (Å²) in [4.78, 5) is 0. The van der Waals surface area contributed by atoms with Gasteiger partial charge in [-0.1, -0.05) is 72.8 Å². The quantitative estimate of drug-likeness (QED) is 0.377. The van der Waals surface area contributed by atoms with E-state index in [0.29, 0.717) is 0 Å². The van der Waals surface area contributed by atoms with Gasteiger partial charge in [0.15, 0.2) is 0 Å². The Morgan fingerprint density at radius 1 is 0.483 bits per heavy atom. The van der Waals surface area contributed by atoms with Crippen LogP contribution < -0.4 is 9.31 Å². The van der Waals surface area contributed by atoms with Crippen LogP contribution in [0.15, 0.2) is 84.9 Å². The molecule has 0 heterocycles. The van der Waals surface area contributed by atoms with Gasteiger partial charge in [0.25, 0.3) is 0 Å². The Balaban J connectivity index is 1.23. The van der Waals surface area contributed by atoms with Gasteiger partial charge in [-0.25, -0.2) is 0 Å². The first-order valence-corrected chi connectivity index (χ1v) is 10.0. The first kappa shape index (κ1) is 16.5. The molecule has 0 atom stereocenters. The van der Waals surface area contributed by atoms with Gasteiger partial charge in [-0.2, -0.15) is 0 Å². The smallest absolute Gasteiger partial charge is 0.528 e. The average Bonchev–Trinajstić information content (AvgIpc) is 3.33. The second kappa shape index (κ2) is 6.56. The number of fused-ring (bicyclic) bond motifs is 6. The standard InChI is InChI=1S/C26H19BO2/c1-3-9-19-17(7-1)15-23-21(19)11-5-13-25(23)28-27-29-26-14-6-12-22-20-10-4-2-8-18(20)16-24(22)26/h1-14,27H,15-16H2. The zero-order valence-corrected chi connectivity index (χ0v) is 16.0. The zero-order valence-electron chi connectivity index (χ0n) is 16.0. The Morgan fingerprint density at radius 2 is 0.931 bits per heavy atom. The highest BCUT2D eigenvalue weighted by Crippen LogP contribution is 2.42. The lowest BCUT2D eigenvalue weighted by atomic mass is 10.1. The fourth-order valence-electron chi connectivity index (χ4n) is 4.68. The lowest BCUT2D eigenvalue weighted by Crippen LogP contribution is -2.13. The van der Waals surface area contributed by atoms with Gasteiger partial charge in [-0.3, -0.25) is 0 Å². The minimum absolute atomic E-state index is 0.208. The van der Waals surface area contributed by atoms with E-state index in [9.17, 15) is 0 Å². The predicted molar refractivity (Wildman–Crippen MR) is 118 cm³/mol. The van der Waals surface area contributed by atoms with Crippen molar-refractivity contribution in [2.24, 2.45) is 0 Å². The van der Waals surface area contributed by atoms with E-state index in [2.05, 4.69) is 72.8 Å². The van der Waals surface area contributed by atoms with Crippen molar-refractivity contribution in [3.05, 3.63) is 107 Å². The van der Waals surface area contributed by atoms with Crippen LogP contribution in [0.1, 0.15) is 22.3 Å². The summed E-state index contributed by atoms with van der Waals surface area (Å²) in [5, 5.41) is 0. The van der Waals surface area contributed by atoms with Crippen molar-refractivity contribution >= 4 is 7.69 Å².